The number of rotatable bonds is 6. The SMILES string of the molecule is C[C@H](CCNC(=O)N[C@@H]1C=C[C@H](CO)C1)N1CCCCC1. The topological polar surface area (TPSA) is 64.6 Å². The third-order valence-electron chi connectivity index (χ3n) is 4.58. The smallest absolute Gasteiger partial charge is 0.315 e. The molecule has 0 spiro atoms. The van der Waals surface area contributed by atoms with Crippen molar-refractivity contribution in [3.05, 3.63) is 12.2 Å². The maximum absolute atomic E-state index is 11.8. The van der Waals surface area contributed by atoms with E-state index in [1.807, 2.05) is 12.2 Å². The Labute approximate surface area is 127 Å². The lowest BCUT2D eigenvalue weighted by atomic mass is 10.1. The average molecular weight is 295 g/mol. The first-order valence-corrected chi connectivity index (χ1v) is 8.26. The minimum absolute atomic E-state index is 0.0571. The summed E-state index contributed by atoms with van der Waals surface area (Å²) in [5.41, 5.74) is 0. The standard InChI is InChI=1S/C16H29N3O2/c1-13(19-9-3-2-4-10-19)7-8-17-16(21)18-15-6-5-14(11-15)12-20/h5-6,13-15,20H,2-4,7-12H2,1H3,(H2,17,18,21)/t13-,14+,15-/m1/s1. The minimum Gasteiger partial charge on any atom is -0.396 e. The molecule has 0 aromatic rings. The van der Waals surface area contributed by atoms with Gasteiger partial charge in [0.05, 0.1) is 0 Å². The number of hydrogen-bond donors (Lipinski definition) is 3. The highest BCUT2D eigenvalue weighted by atomic mass is 16.3. The molecule has 3 N–H and O–H groups in total. The number of amides is 2. The lowest BCUT2D eigenvalue weighted by Crippen LogP contribution is -2.43. The molecule has 1 aliphatic carbocycles. The van der Waals surface area contributed by atoms with Crippen LogP contribution in [0.3, 0.4) is 0 Å². The molecule has 21 heavy (non-hydrogen) atoms. The molecule has 120 valence electrons. The van der Waals surface area contributed by atoms with Crippen LogP contribution in [0.2, 0.25) is 0 Å². The number of carbonyl (C=O) groups is 1. The van der Waals surface area contributed by atoms with E-state index in [1.54, 1.807) is 0 Å². The zero-order valence-corrected chi connectivity index (χ0v) is 13.1. The first-order chi connectivity index (χ1) is 10.2. The van der Waals surface area contributed by atoms with Crippen LogP contribution in [0.15, 0.2) is 12.2 Å². The maximum Gasteiger partial charge on any atom is 0.315 e. The Morgan fingerprint density at radius 2 is 2.10 bits per heavy atom. The van der Waals surface area contributed by atoms with Crippen LogP contribution in [-0.4, -0.2) is 54.4 Å². The number of piperidine rings is 1. The minimum atomic E-state index is -0.103. The predicted molar refractivity (Wildman–Crippen MR) is 84.2 cm³/mol. The normalized spacial score (nSPS) is 27.5. The molecule has 1 aliphatic heterocycles. The van der Waals surface area contributed by atoms with Crippen molar-refractivity contribution in [2.24, 2.45) is 5.92 Å². The van der Waals surface area contributed by atoms with Crippen molar-refractivity contribution in [3.63, 3.8) is 0 Å². The van der Waals surface area contributed by atoms with Gasteiger partial charge in [0, 0.05) is 31.2 Å². The molecule has 5 heteroatoms. The number of aliphatic hydroxyl groups excluding tert-OH is 1. The van der Waals surface area contributed by atoms with E-state index in [0.717, 1.165) is 12.8 Å². The lowest BCUT2D eigenvalue weighted by molar-refractivity contribution is 0.166. The van der Waals surface area contributed by atoms with Gasteiger partial charge in [0.2, 0.25) is 0 Å². The molecule has 0 bridgehead atoms. The summed E-state index contributed by atoms with van der Waals surface area (Å²) in [5, 5.41) is 14.9. The molecule has 1 saturated heterocycles. The lowest BCUT2D eigenvalue weighted by Gasteiger charge is -2.32. The summed E-state index contributed by atoms with van der Waals surface area (Å²) in [6.07, 6.45) is 9.70. The van der Waals surface area contributed by atoms with E-state index >= 15 is 0 Å². The number of likely N-dealkylation sites (tertiary alicyclic amines) is 1. The van der Waals surface area contributed by atoms with E-state index in [2.05, 4.69) is 22.5 Å². The highest BCUT2D eigenvalue weighted by molar-refractivity contribution is 5.74. The van der Waals surface area contributed by atoms with Crippen LogP contribution in [0, 0.1) is 5.92 Å². The Morgan fingerprint density at radius 3 is 2.76 bits per heavy atom. The fourth-order valence-corrected chi connectivity index (χ4v) is 3.17. The van der Waals surface area contributed by atoms with Crippen molar-refractivity contribution in [3.8, 4) is 0 Å². The second-order valence-corrected chi connectivity index (χ2v) is 6.30. The molecule has 2 rings (SSSR count). The molecule has 2 aliphatic rings. The number of carbonyl (C=O) groups excluding carboxylic acids is 1. The third kappa shape index (κ3) is 5.32. The van der Waals surface area contributed by atoms with Gasteiger partial charge in [-0.15, -0.1) is 0 Å². The molecule has 0 saturated carbocycles. The molecule has 1 heterocycles. The van der Waals surface area contributed by atoms with Gasteiger partial charge in [-0.3, -0.25) is 0 Å². The molecule has 1 fully saturated rings. The zero-order chi connectivity index (χ0) is 15.1. The molecular weight excluding hydrogens is 266 g/mol. The molecule has 0 radical (unpaired) electrons. The molecular formula is C16H29N3O2. The highest BCUT2D eigenvalue weighted by Crippen LogP contribution is 2.16. The van der Waals surface area contributed by atoms with Crippen LogP contribution in [0.4, 0.5) is 4.79 Å². The van der Waals surface area contributed by atoms with Gasteiger partial charge >= 0.3 is 6.03 Å². The largest absolute Gasteiger partial charge is 0.396 e. The molecule has 0 aromatic carbocycles. The quantitative estimate of drug-likeness (QED) is 0.651. The number of hydrogen-bond acceptors (Lipinski definition) is 3. The number of urea groups is 1. The summed E-state index contributed by atoms with van der Waals surface area (Å²) in [4.78, 5) is 14.3. The predicted octanol–water partition coefficient (Wildman–Crippen LogP) is 1.49. The fourth-order valence-electron chi connectivity index (χ4n) is 3.17. The van der Waals surface area contributed by atoms with Gasteiger partial charge in [0.25, 0.3) is 0 Å². The van der Waals surface area contributed by atoms with E-state index < -0.39 is 0 Å². The van der Waals surface area contributed by atoms with Crippen LogP contribution in [0.1, 0.15) is 39.0 Å². The van der Waals surface area contributed by atoms with Crippen LogP contribution in [0.5, 0.6) is 0 Å². The van der Waals surface area contributed by atoms with Gasteiger partial charge in [-0.25, -0.2) is 4.79 Å². The van der Waals surface area contributed by atoms with Crippen molar-refractivity contribution in [1.29, 1.82) is 0 Å². The second-order valence-electron chi connectivity index (χ2n) is 6.30. The Hall–Kier alpha value is -1.07. The van der Waals surface area contributed by atoms with Crippen molar-refractivity contribution >= 4 is 6.03 Å². The van der Waals surface area contributed by atoms with Crippen molar-refractivity contribution in [1.82, 2.24) is 15.5 Å². The summed E-state index contributed by atoms with van der Waals surface area (Å²) >= 11 is 0. The van der Waals surface area contributed by atoms with Gasteiger partial charge in [0.1, 0.15) is 0 Å². The Morgan fingerprint density at radius 1 is 1.33 bits per heavy atom. The molecule has 0 aromatic heterocycles. The summed E-state index contributed by atoms with van der Waals surface area (Å²) < 4.78 is 0. The second kappa shape index (κ2) is 8.39. The number of nitrogens with zero attached hydrogens (tertiary/aromatic N) is 1. The van der Waals surface area contributed by atoms with E-state index in [0.29, 0.717) is 12.6 Å². The Bertz CT molecular complexity index is 353. The van der Waals surface area contributed by atoms with Gasteiger partial charge in [-0.2, -0.15) is 0 Å². The van der Waals surface area contributed by atoms with Crippen LogP contribution >= 0.6 is 0 Å². The van der Waals surface area contributed by atoms with Crippen LogP contribution in [-0.2, 0) is 0 Å². The maximum atomic E-state index is 11.8. The van der Waals surface area contributed by atoms with Crippen molar-refractivity contribution < 1.29 is 9.90 Å². The van der Waals surface area contributed by atoms with Gasteiger partial charge < -0.3 is 20.6 Å². The Balaban J connectivity index is 1.57. The fraction of sp³-hybridized carbons (Fsp3) is 0.812. The van der Waals surface area contributed by atoms with E-state index in [9.17, 15) is 4.79 Å². The van der Waals surface area contributed by atoms with Crippen molar-refractivity contribution in [2.45, 2.75) is 51.1 Å². The van der Waals surface area contributed by atoms with E-state index in [-0.39, 0.29) is 24.6 Å². The Kier molecular flexibility index (Phi) is 6.51. The third-order valence-corrected chi connectivity index (χ3v) is 4.58. The van der Waals surface area contributed by atoms with Gasteiger partial charge in [0.15, 0.2) is 0 Å². The summed E-state index contributed by atoms with van der Waals surface area (Å²) in [6, 6.07) is 0.492. The van der Waals surface area contributed by atoms with E-state index in [4.69, 9.17) is 5.11 Å². The van der Waals surface area contributed by atoms with Crippen LogP contribution < -0.4 is 10.6 Å². The first-order valence-electron chi connectivity index (χ1n) is 8.26. The molecule has 5 nitrogen and oxygen atoms in total. The summed E-state index contributed by atoms with van der Waals surface area (Å²) in [5.74, 6) is 0.189. The monoisotopic (exact) mass is 295 g/mol. The zero-order valence-electron chi connectivity index (χ0n) is 13.1. The molecule has 0 unspecified atom stereocenters. The highest BCUT2D eigenvalue weighted by Gasteiger charge is 2.20. The number of nitrogens with one attached hydrogen (secondary N) is 2. The van der Waals surface area contributed by atoms with E-state index in [1.165, 1.54) is 32.4 Å². The van der Waals surface area contributed by atoms with Crippen molar-refractivity contribution in [2.75, 3.05) is 26.2 Å². The summed E-state index contributed by atoms with van der Waals surface area (Å²) in [7, 11) is 0. The average Bonchev–Trinajstić information content (AvgIpc) is 2.95. The molecule has 3 atom stereocenters. The van der Waals surface area contributed by atoms with Gasteiger partial charge in [-0.05, 0) is 45.7 Å². The van der Waals surface area contributed by atoms with Crippen LogP contribution in [0.25, 0.3) is 0 Å². The van der Waals surface area contributed by atoms with Gasteiger partial charge in [-0.1, -0.05) is 18.6 Å². The summed E-state index contributed by atoms with van der Waals surface area (Å²) in [6.45, 7) is 5.51. The number of aliphatic hydroxyl groups is 1. The first kappa shape index (κ1) is 16.3. The molecule has 2 amide bonds.